The van der Waals surface area contributed by atoms with Crippen molar-refractivity contribution >= 4 is 26.3 Å². The number of fused-ring (bicyclic) bond motifs is 1. The van der Waals surface area contributed by atoms with Crippen molar-refractivity contribution in [3.05, 3.63) is 35.1 Å². The first-order valence-corrected chi connectivity index (χ1v) is 10.8. The zero-order valence-corrected chi connectivity index (χ0v) is 15.9. The van der Waals surface area contributed by atoms with Crippen LogP contribution in [0.2, 0.25) is 0 Å². The first-order valence-electron chi connectivity index (χ1n) is 8.50. The van der Waals surface area contributed by atoms with E-state index in [0.29, 0.717) is 24.7 Å². The molecule has 1 aromatic carbocycles. The molecule has 0 radical (unpaired) electrons. The normalized spacial score (nSPS) is 14.8. The predicted octanol–water partition coefficient (Wildman–Crippen LogP) is 1.98. The summed E-state index contributed by atoms with van der Waals surface area (Å²) in [6, 6.07) is 6.39. The molecule has 0 aliphatic heterocycles. The third kappa shape index (κ3) is 3.57. The first-order chi connectivity index (χ1) is 12.6. The van der Waals surface area contributed by atoms with Gasteiger partial charge in [-0.25, -0.2) is 13.1 Å². The van der Waals surface area contributed by atoms with E-state index < -0.39 is 10.0 Å². The lowest BCUT2D eigenvalue weighted by Crippen LogP contribution is -2.26. The van der Waals surface area contributed by atoms with Crippen molar-refractivity contribution in [2.24, 2.45) is 0 Å². The van der Waals surface area contributed by atoms with Crippen molar-refractivity contribution in [1.29, 1.82) is 0 Å². The largest absolute Gasteiger partial charge is 0.494 e. The summed E-state index contributed by atoms with van der Waals surface area (Å²) in [6.07, 6.45) is 2.78. The van der Waals surface area contributed by atoms with Crippen LogP contribution in [0.1, 0.15) is 36.5 Å². The molecular weight excluding hydrogens is 374 g/mol. The number of benzene rings is 1. The number of hydrogen-bond donors (Lipinski definition) is 1. The Bertz CT molecular complexity index is 1010. The minimum Gasteiger partial charge on any atom is -0.494 e. The van der Waals surface area contributed by atoms with Crippen LogP contribution in [-0.2, 0) is 16.4 Å². The summed E-state index contributed by atoms with van der Waals surface area (Å²) in [5.74, 6) is 2.04. The monoisotopic (exact) mass is 393 g/mol. The second-order valence-electron chi connectivity index (χ2n) is 6.07. The van der Waals surface area contributed by atoms with Crippen molar-refractivity contribution < 1.29 is 13.2 Å². The van der Waals surface area contributed by atoms with E-state index in [0.717, 1.165) is 28.6 Å². The summed E-state index contributed by atoms with van der Waals surface area (Å²) in [6.45, 7) is 2.70. The molecule has 0 saturated heterocycles. The van der Waals surface area contributed by atoms with E-state index in [4.69, 9.17) is 4.74 Å². The third-order valence-electron chi connectivity index (χ3n) is 4.08. The van der Waals surface area contributed by atoms with Gasteiger partial charge in [-0.2, -0.15) is 9.61 Å². The molecule has 2 aromatic heterocycles. The van der Waals surface area contributed by atoms with E-state index in [1.807, 2.05) is 6.92 Å². The molecule has 2 heterocycles. The molecule has 3 aromatic rings. The van der Waals surface area contributed by atoms with Gasteiger partial charge in [0, 0.05) is 18.9 Å². The Morgan fingerprint density at radius 3 is 2.73 bits per heavy atom. The minimum absolute atomic E-state index is 0.218. The van der Waals surface area contributed by atoms with E-state index in [1.165, 1.54) is 11.3 Å². The van der Waals surface area contributed by atoms with Gasteiger partial charge >= 0.3 is 0 Å². The summed E-state index contributed by atoms with van der Waals surface area (Å²) in [5, 5.41) is 13.7. The number of nitrogens with one attached hydrogen (secondary N) is 1. The number of ether oxygens (including phenoxy) is 1. The molecule has 10 heteroatoms. The molecule has 1 aliphatic carbocycles. The Morgan fingerprint density at radius 2 is 2.04 bits per heavy atom. The molecule has 1 fully saturated rings. The van der Waals surface area contributed by atoms with Gasteiger partial charge in [-0.1, -0.05) is 11.3 Å². The van der Waals surface area contributed by atoms with Crippen molar-refractivity contribution in [2.45, 2.75) is 37.0 Å². The van der Waals surface area contributed by atoms with E-state index in [1.54, 1.807) is 28.8 Å². The lowest BCUT2D eigenvalue weighted by molar-refractivity contribution is 0.340. The van der Waals surface area contributed by atoms with Gasteiger partial charge in [-0.15, -0.1) is 10.2 Å². The maximum atomic E-state index is 12.4. The van der Waals surface area contributed by atoms with Crippen molar-refractivity contribution in [1.82, 2.24) is 24.5 Å². The summed E-state index contributed by atoms with van der Waals surface area (Å²) < 4.78 is 34.5. The van der Waals surface area contributed by atoms with Crippen molar-refractivity contribution in [3.8, 4) is 5.75 Å². The van der Waals surface area contributed by atoms with E-state index in [-0.39, 0.29) is 11.4 Å². The summed E-state index contributed by atoms with van der Waals surface area (Å²) in [5.41, 5.74) is 0. The Morgan fingerprint density at radius 1 is 1.27 bits per heavy atom. The molecule has 4 rings (SSSR count). The smallest absolute Gasteiger partial charge is 0.240 e. The van der Waals surface area contributed by atoms with Gasteiger partial charge in [-0.05, 0) is 44.0 Å². The van der Waals surface area contributed by atoms with Crippen LogP contribution >= 0.6 is 11.3 Å². The van der Waals surface area contributed by atoms with E-state index >= 15 is 0 Å². The van der Waals surface area contributed by atoms with Gasteiger partial charge in [0.2, 0.25) is 15.0 Å². The topological polar surface area (TPSA) is 98.5 Å². The van der Waals surface area contributed by atoms with Gasteiger partial charge in [0.1, 0.15) is 10.8 Å². The molecule has 0 spiro atoms. The van der Waals surface area contributed by atoms with Crippen LogP contribution in [0.4, 0.5) is 0 Å². The molecule has 138 valence electrons. The molecule has 26 heavy (non-hydrogen) atoms. The van der Waals surface area contributed by atoms with Crippen LogP contribution in [0.5, 0.6) is 5.75 Å². The highest BCUT2D eigenvalue weighted by Crippen LogP contribution is 2.39. The predicted molar refractivity (Wildman–Crippen MR) is 97.1 cm³/mol. The van der Waals surface area contributed by atoms with Crippen LogP contribution in [0.3, 0.4) is 0 Å². The van der Waals surface area contributed by atoms with Crippen molar-refractivity contribution in [2.75, 3.05) is 13.2 Å². The average Bonchev–Trinajstić information content (AvgIpc) is 3.26. The highest BCUT2D eigenvalue weighted by molar-refractivity contribution is 7.89. The molecule has 1 aliphatic rings. The Balaban J connectivity index is 1.38. The second-order valence-corrected chi connectivity index (χ2v) is 8.88. The zero-order valence-electron chi connectivity index (χ0n) is 14.3. The lowest BCUT2D eigenvalue weighted by atomic mass is 10.3. The third-order valence-corrected chi connectivity index (χ3v) is 6.51. The van der Waals surface area contributed by atoms with Gasteiger partial charge in [0.25, 0.3) is 0 Å². The quantitative estimate of drug-likeness (QED) is 0.628. The number of sulfonamides is 1. The van der Waals surface area contributed by atoms with Gasteiger partial charge in [-0.3, -0.25) is 0 Å². The lowest BCUT2D eigenvalue weighted by Gasteiger charge is -2.07. The maximum absolute atomic E-state index is 12.4. The van der Waals surface area contributed by atoms with Crippen LogP contribution in [0.25, 0.3) is 4.96 Å². The Labute approximate surface area is 155 Å². The Kier molecular flexibility index (Phi) is 4.63. The molecule has 1 N–H and O–H groups in total. The summed E-state index contributed by atoms with van der Waals surface area (Å²) in [7, 11) is -3.55. The molecule has 0 amide bonds. The second kappa shape index (κ2) is 6.93. The van der Waals surface area contributed by atoms with E-state index in [9.17, 15) is 8.42 Å². The van der Waals surface area contributed by atoms with Crippen LogP contribution in [-0.4, -0.2) is 41.4 Å². The fourth-order valence-corrected chi connectivity index (χ4v) is 4.50. The van der Waals surface area contributed by atoms with Gasteiger partial charge in [0.05, 0.1) is 11.5 Å². The maximum Gasteiger partial charge on any atom is 0.240 e. The summed E-state index contributed by atoms with van der Waals surface area (Å²) >= 11 is 1.44. The van der Waals surface area contributed by atoms with Gasteiger partial charge in [0.15, 0.2) is 5.82 Å². The molecule has 8 nitrogen and oxygen atoms in total. The number of nitrogens with zero attached hydrogens (tertiary/aromatic N) is 4. The number of aromatic nitrogens is 4. The molecule has 1 saturated carbocycles. The molecular formula is C16H19N5O3S2. The highest BCUT2D eigenvalue weighted by Gasteiger charge is 2.30. The Hall–Kier alpha value is -2.04. The SMILES string of the molecule is CCOc1ccc(S(=O)(=O)NCCc2nn3c(C4CC4)nnc3s2)cc1. The van der Waals surface area contributed by atoms with Crippen LogP contribution in [0, 0.1) is 0 Å². The fraction of sp³-hybridized carbons (Fsp3) is 0.438. The number of hydrogen-bond acceptors (Lipinski definition) is 7. The van der Waals surface area contributed by atoms with E-state index in [2.05, 4.69) is 20.0 Å². The highest BCUT2D eigenvalue weighted by atomic mass is 32.2. The molecule has 0 unspecified atom stereocenters. The van der Waals surface area contributed by atoms with Crippen LogP contribution in [0.15, 0.2) is 29.2 Å². The fourth-order valence-electron chi connectivity index (χ4n) is 2.63. The van der Waals surface area contributed by atoms with Gasteiger partial charge < -0.3 is 4.74 Å². The minimum atomic E-state index is -3.55. The summed E-state index contributed by atoms with van der Waals surface area (Å²) in [4.78, 5) is 0.978. The standard InChI is InChI=1S/C16H19N5O3S2/c1-2-24-12-5-7-13(8-6-12)26(22,23)17-10-9-14-20-21-15(11-3-4-11)18-19-16(21)25-14/h5-8,11,17H,2-4,9-10H2,1H3. The molecule has 0 atom stereocenters. The zero-order chi connectivity index (χ0) is 18.1. The molecule has 0 bridgehead atoms. The average molecular weight is 393 g/mol. The number of rotatable bonds is 8. The van der Waals surface area contributed by atoms with Crippen LogP contribution < -0.4 is 9.46 Å². The van der Waals surface area contributed by atoms with Crippen molar-refractivity contribution in [3.63, 3.8) is 0 Å². The first kappa shape index (κ1) is 17.4.